The van der Waals surface area contributed by atoms with Crippen LogP contribution in [0, 0.1) is 0 Å². The Hall–Kier alpha value is -0.770. The number of carbonyl (C=O) groups excluding carboxylic acids is 1. The first kappa shape index (κ1) is 11.3. The van der Waals surface area contributed by atoms with Crippen LogP contribution in [0.3, 0.4) is 0 Å². The molecule has 1 aliphatic rings. The van der Waals surface area contributed by atoms with Gasteiger partial charge in [0, 0.05) is 32.2 Å². The van der Waals surface area contributed by atoms with E-state index in [-0.39, 0.29) is 6.03 Å². The Morgan fingerprint density at radius 1 is 1.64 bits per heavy atom. The molecule has 0 aromatic heterocycles. The third kappa shape index (κ3) is 3.54. The molecule has 0 aliphatic carbocycles. The molecule has 1 saturated heterocycles. The summed E-state index contributed by atoms with van der Waals surface area (Å²) in [5.74, 6) is 0. The van der Waals surface area contributed by atoms with Crippen LogP contribution in [-0.4, -0.2) is 43.2 Å². The second-order valence-corrected chi connectivity index (χ2v) is 3.89. The Morgan fingerprint density at radius 3 is 3.07 bits per heavy atom. The van der Waals surface area contributed by atoms with E-state index in [1.165, 1.54) is 0 Å². The molecule has 82 valence electrons. The van der Waals surface area contributed by atoms with E-state index in [0.29, 0.717) is 6.04 Å². The number of carbonyl (C=O) groups is 1. The van der Waals surface area contributed by atoms with Crippen LogP contribution in [0.25, 0.3) is 0 Å². The van der Waals surface area contributed by atoms with E-state index in [4.69, 9.17) is 0 Å². The smallest absolute Gasteiger partial charge is 0.317 e. The Balaban J connectivity index is 2.22. The van der Waals surface area contributed by atoms with Crippen molar-refractivity contribution in [3.8, 4) is 0 Å². The molecule has 0 bridgehead atoms. The number of unbranched alkanes of at least 4 members (excludes halogenated alkanes) is 1. The maximum atomic E-state index is 11.6. The number of hydrogen-bond acceptors (Lipinski definition) is 2. The van der Waals surface area contributed by atoms with E-state index in [2.05, 4.69) is 24.5 Å². The summed E-state index contributed by atoms with van der Waals surface area (Å²) in [7, 11) is 0. The molecule has 1 unspecified atom stereocenters. The predicted octanol–water partition coefficient (Wildman–Crippen LogP) is 0.790. The highest BCUT2D eigenvalue weighted by Crippen LogP contribution is 1.98. The van der Waals surface area contributed by atoms with Crippen LogP contribution in [0.5, 0.6) is 0 Å². The van der Waals surface area contributed by atoms with Gasteiger partial charge in [-0.2, -0.15) is 0 Å². The summed E-state index contributed by atoms with van der Waals surface area (Å²) in [4.78, 5) is 13.5. The number of piperazine rings is 1. The van der Waals surface area contributed by atoms with E-state index in [1.54, 1.807) is 0 Å². The zero-order valence-corrected chi connectivity index (χ0v) is 9.18. The number of amides is 2. The molecule has 0 aromatic carbocycles. The molecular weight excluding hydrogens is 178 g/mol. The molecule has 1 fully saturated rings. The van der Waals surface area contributed by atoms with Crippen LogP contribution in [0.1, 0.15) is 26.7 Å². The topological polar surface area (TPSA) is 44.4 Å². The molecule has 0 saturated carbocycles. The minimum Gasteiger partial charge on any atom is -0.338 e. The SMILES string of the molecule is CCCCNC(=O)N1CCNC(C)C1. The predicted molar refractivity (Wildman–Crippen MR) is 57.3 cm³/mol. The molecule has 1 atom stereocenters. The second-order valence-electron chi connectivity index (χ2n) is 3.89. The lowest BCUT2D eigenvalue weighted by Crippen LogP contribution is -2.54. The normalized spacial score (nSPS) is 22.1. The summed E-state index contributed by atoms with van der Waals surface area (Å²) in [6.07, 6.45) is 2.19. The quantitative estimate of drug-likeness (QED) is 0.660. The Kier molecular flexibility index (Phi) is 4.73. The minimum absolute atomic E-state index is 0.0896. The Labute approximate surface area is 86.0 Å². The van der Waals surface area contributed by atoms with Crippen molar-refractivity contribution in [2.75, 3.05) is 26.2 Å². The van der Waals surface area contributed by atoms with Gasteiger partial charge >= 0.3 is 6.03 Å². The summed E-state index contributed by atoms with van der Waals surface area (Å²) < 4.78 is 0. The molecule has 1 heterocycles. The van der Waals surface area contributed by atoms with Gasteiger partial charge in [-0.15, -0.1) is 0 Å². The van der Waals surface area contributed by atoms with Crippen LogP contribution < -0.4 is 10.6 Å². The van der Waals surface area contributed by atoms with Crippen LogP contribution in [-0.2, 0) is 0 Å². The lowest BCUT2D eigenvalue weighted by atomic mass is 10.2. The van der Waals surface area contributed by atoms with Gasteiger partial charge in [0.05, 0.1) is 0 Å². The molecule has 4 heteroatoms. The van der Waals surface area contributed by atoms with Crippen LogP contribution in [0.15, 0.2) is 0 Å². The zero-order chi connectivity index (χ0) is 10.4. The number of nitrogens with one attached hydrogen (secondary N) is 2. The maximum Gasteiger partial charge on any atom is 0.317 e. The van der Waals surface area contributed by atoms with E-state index in [1.807, 2.05) is 4.90 Å². The molecule has 2 amide bonds. The fourth-order valence-electron chi connectivity index (χ4n) is 1.60. The van der Waals surface area contributed by atoms with Gasteiger partial charge in [0.15, 0.2) is 0 Å². The van der Waals surface area contributed by atoms with Gasteiger partial charge in [-0.25, -0.2) is 4.79 Å². The van der Waals surface area contributed by atoms with Crippen molar-refractivity contribution >= 4 is 6.03 Å². The highest BCUT2D eigenvalue weighted by molar-refractivity contribution is 5.74. The fourth-order valence-corrected chi connectivity index (χ4v) is 1.60. The highest BCUT2D eigenvalue weighted by Gasteiger charge is 2.19. The van der Waals surface area contributed by atoms with Crippen molar-refractivity contribution in [3.63, 3.8) is 0 Å². The van der Waals surface area contributed by atoms with Crippen molar-refractivity contribution in [1.29, 1.82) is 0 Å². The average Bonchev–Trinajstić information content (AvgIpc) is 2.18. The first-order chi connectivity index (χ1) is 6.74. The van der Waals surface area contributed by atoms with Crippen molar-refractivity contribution in [3.05, 3.63) is 0 Å². The van der Waals surface area contributed by atoms with Crippen molar-refractivity contribution in [2.24, 2.45) is 0 Å². The fraction of sp³-hybridized carbons (Fsp3) is 0.900. The Bertz CT molecular complexity index is 184. The van der Waals surface area contributed by atoms with Gasteiger partial charge in [0.25, 0.3) is 0 Å². The third-order valence-electron chi connectivity index (χ3n) is 2.46. The van der Waals surface area contributed by atoms with Gasteiger partial charge in [-0.1, -0.05) is 13.3 Å². The molecule has 14 heavy (non-hydrogen) atoms. The number of rotatable bonds is 3. The van der Waals surface area contributed by atoms with E-state index in [0.717, 1.165) is 39.0 Å². The average molecular weight is 199 g/mol. The summed E-state index contributed by atoms with van der Waals surface area (Å²) >= 11 is 0. The molecule has 1 rings (SSSR count). The van der Waals surface area contributed by atoms with Gasteiger partial charge in [-0.05, 0) is 13.3 Å². The van der Waals surface area contributed by atoms with Crippen molar-refractivity contribution in [1.82, 2.24) is 15.5 Å². The van der Waals surface area contributed by atoms with Gasteiger partial charge in [-0.3, -0.25) is 0 Å². The first-order valence-corrected chi connectivity index (χ1v) is 5.50. The van der Waals surface area contributed by atoms with Crippen LogP contribution in [0.4, 0.5) is 4.79 Å². The van der Waals surface area contributed by atoms with E-state index < -0.39 is 0 Å². The molecule has 4 nitrogen and oxygen atoms in total. The largest absolute Gasteiger partial charge is 0.338 e. The van der Waals surface area contributed by atoms with Gasteiger partial charge in [0.2, 0.25) is 0 Å². The molecule has 0 spiro atoms. The summed E-state index contributed by atoms with van der Waals surface area (Å²) in [5, 5.41) is 6.25. The summed E-state index contributed by atoms with van der Waals surface area (Å²) in [6, 6.07) is 0.507. The Morgan fingerprint density at radius 2 is 2.43 bits per heavy atom. The van der Waals surface area contributed by atoms with Crippen molar-refractivity contribution < 1.29 is 4.79 Å². The van der Waals surface area contributed by atoms with Crippen molar-refractivity contribution in [2.45, 2.75) is 32.7 Å². The van der Waals surface area contributed by atoms with E-state index >= 15 is 0 Å². The lowest BCUT2D eigenvalue weighted by Gasteiger charge is -2.31. The monoisotopic (exact) mass is 199 g/mol. The summed E-state index contributed by atoms with van der Waals surface area (Å²) in [5.41, 5.74) is 0. The van der Waals surface area contributed by atoms with E-state index in [9.17, 15) is 4.79 Å². The minimum atomic E-state index is 0.0896. The maximum absolute atomic E-state index is 11.6. The number of urea groups is 1. The highest BCUT2D eigenvalue weighted by atomic mass is 16.2. The number of hydrogen-bond donors (Lipinski definition) is 2. The van der Waals surface area contributed by atoms with Gasteiger partial charge < -0.3 is 15.5 Å². The zero-order valence-electron chi connectivity index (χ0n) is 9.18. The van der Waals surface area contributed by atoms with Gasteiger partial charge in [0.1, 0.15) is 0 Å². The molecule has 0 aromatic rings. The van der Waals surface area contributed by atoms with Crippen LogP contribution in [0.2, 0.25) is 0 Å². The lowest BCUT2D eigenvalue weighted by molar-refractivity contribution is 0.179. The third-order valence-corrected chi connectivity index (χ3v) is 2.46. The standard InChI is InChI=1S/C10H21N3O/c1-3-4-5-12-10(14)13-7-6-11-9(2)8-13/h9,11H,3-8H2,1-2H3,(H,12,14). The van der Waals surface area contributed by atoms with Crippen LogP contribution >= 0.6 is 0 Å². The molecular formula is C10H21N3O. The molecule has 2 N–H and O–H groups in total. The molecule has 1 aliphatic heterocycles. The summed E-state index contributed by atoms with van der Waals surface area (Å²) in [6.45, 7) is 7.57. The second kappa shape index (κ2) is 5.86. The first-order valence-electron chi connectivity index (χ1n) is 5.50. The number of nitrogens with zero attached hydrogens (tertiary/aromatic N) is 1. The molecule has 0 radical (unpaired) electrons.